The zero-order valence-electron chi connectivity index (χ0n) is 25.5. The molecule has 0 spiro atoms. The summed E-state index contributed by atoms with van der Waals surface area (Å²) in [6.45, 7) is 8.15. The summed E-state index contributed by atoms with van der Waals surface area (Å²) < 4.78 is 95.8. The lowest BCUT2D eigenvalue weighted by Crippen LogP contribution is -2.36. The molecule has 0 N–H and O–H groups in total. The molecule has 1 aromatic heterocycles. The molecule has 0 aliphatic rings. The lowest BCUT2D eigenvalue weighted by Gasteiger charge is -2.29. The molecule has 0 saturated carbocycles. The van der Waals surface area contributed by atoms with E-state index in [9.17, 15) is 31.1 Å². The maximum atomic E-state index is 14.4. The van der Waals surface area contributed by atoms with Gasteiger partial charge in [0.05, 0.1) is 24.1 Å². The number of nitrogens with zero attached hydrogens (tertiary/aromatic N) is 1. The SMILES string of the molecule is C=CC(=O)OCC(C)(COc1ccc2cc(-c3ccc(CCCCC)cc3C(F)(F)F)n(CCCCC)c2c1)CC(F)(F)F. The molecule has 0 fully saturated rings. The van der Waals surface area contributed by atoms with Crippen LogP contribution >= 0.6 is 0 Å². The second-order valence-electron chi connectivity index (χ2n) is 11.6. The van der Waals surface area contributed by atoms with Gasteiger partial charge in [-0.05, 0) is 49.1 Å². The molecule has 0 saturated heterocycles. The van der Waals surface area contributed by atoms with E-state index >= 15 is 0 Å². The summed E-state index contributed by atoms with van der Waals surface area (Å²) in [6.07, 6.45) is -3.67. The minimum atomic E-state index is -4.56. The first kappa shape index (κ1) is 35.1. The number of ether oxygens (including phenoxy) is 2. The molecule has 3 aromatic rings. The molecule has 3 rings (SSSR count). The largest absolute Gasteiger partial charge is 0.493 e. The number of rotatable bonds is 16. The Hall–Kier alpha value is -3.43. The van der Waals surface area contributed by atoms with E-state index in [-0.39, 0.29) is 11.3 Å². The van der Waals surface area contributed by atoms with E-state index in [4.69, 9.17) is 9.47 Å². The fraction of sp³-hybridized carbons (Fsp3) is 0.500. The minimum Gasteiger partial charge on any atom is -0.493 e. The zero-order valence-corrected chi connectivity index (χ0v) is 25.5. The highest BCUT2D eigenvalue weighted by molar-refractivity contribution is 5.89. The number of hydrogen-bond acceptors (Lipinski definition) is 3. The van der Waals surface area contributed by atoms with E-state index in [1.54, 1.807) is 36.4 Å². The summed E-state index contributed by atoms with van der Waals surface area (Å²) in [7, 11) is 0. The Labute approximate surface area is 255 Å². The van der Waals surface area contributed by atoms with Crippen LogP contribution in [0.4, 0.5) is 26.3 Å². The summed E-state index contributed by atoms with van der Waals surface area (Å²) in [6, 6.07) is 11.2. The van der Waals surface area contributed by atoms with Crippen molar-refractivity contribution in [2.24, 2.45) is 5.41 Å². The van der Waals surface area contributed by atoms with Gasteiger partial charge in [-0.3, -0.25) is 0 Å². The molecular weight excluding hydrogens is 584 g/mol. The van der Waals surface area contributed by atoms with Crippen molar-refractivity contribution >= 4 is 16.9 Å². The highest BCUT2D eigenvalue weighted by Gasteiger charge is 2.41. The fourth-order valence-corrected chi connectivity index (χ4v) is 5.28. The van der Waals surface area contributed by atoms with Gasteiger partial charge in [-0.15, -0.1) is 0 Å². The molecule has 0 radical (unpaired) electrons. The van der Waals surface area contributed by atoms with E-state index in [1.165, 1.54) is 13.0 Å². The molecule has 4 nitrogen and oxygen atoms in total. The number of unbranched alkanes of at least 4 members (excludes halogenated alkanes) is 4. The van der Waals surface area contributed by atoms with E-state index in [1.807, 2.05) is 18.4 Å². The normalized spacial score (nSPS) is 13.6. The summed E-state index contributed by atoms with van der Waals surface area (Å²) in [5.74, 6) is -0.589. The molecule has 0 aliphatic carbocycles. The number of benzene rings is 2. The van der Waals surface area contributed by atoms with E-state index in [0.717, 1.165) is 44.6 Å². The maximum absolute atomic E-state index is 14.4. The van der Waals surface area contributed by atoms with Crippen LogP contribution in [0.3, 0.4) is 0 Å². The van der Waals surface area contributed by atoms with Crippen molar-refractivity contribution in [1.29, 1.82) is 0 Å². The quantitative estimate of drug-likeness (QED) is 0.0688. The summed E-state index contributed by atoms with van der Waals surface area (Å²) in [4.78, 5) is 11.5. The third-order valence-corrected chi connectivity index (χ3v) is 7.54. The molecule has 1 atom stereocenters. The first-order valence-corrected chi connectivity index (χ1v) is 15.0. The first-order valence-electron chi connectivity index (χ1n) is 15.0. The van der Waals surface area contributed by atoms with Gasteiger partial charge in [-0.2, -0.15) is 26.3 Å². The number of carbonyl (C=O) groups is 1. The predicted molar refractivity (Wildman–Crippen MR) is 161 cm³/mol. The molecule has 242 valence electrons. The van der Waals surface area contributed by atoms with Crippen LogP contribution in [0.1, 0.15) is 76.8 Å². The molecule has 1 heterocycles. The van der Waals surface area contributed by atoms with E-state index in [0.29, 0.717) is 35.1 Å². The highest BCUT2D eigenvalue weighted by Crippen LogP contribution is 2.41. The molecule has 0 amide bonds. The van der Waals surface area contributed by atoms with Crippen molar-refractivity contribution in [2.45, 2.75) is 91.0 Å². The van der Waals surface area contributed by atoms with Gasteiger partial charge in [-0.1, -0.05) is 65.2 Å². The van der Waals surface area contributed by atoms with Gasteiger partial charge in [0, 0.05) is 40.7 Å². The number of fused-ring (bicyclic) bond motifs is 1. The average molecular weight is 626 g/mol. The number of hydrogen-bond donors (Lipinski definition) is 0. The lowest BCUT2D eigenvalue weighted by atomic mass is 9.88. The number of halogens is 6. The van der Waals surface area contributed by atoms with Gasteiger partial charge in [0.15, 0.2) is 0 Å². The van der Waals surface area contributed by atoms with Crippen LogP contribution in [0.5, 0.6) is 5.75 Å². The molecule has 0 bridgehead atoms. The number of carbonyl (C=O) groups excluding carboxylic acids is 1. The van der Waals surface area contributed by atoms with Crippen LogP contribution in [0, 0.1) is 5.41 Å². The topological polar surface area (TPSA) is 40.5 Å². The van der Waals surface area contributed by atoms with Crippen LogP contribution in [-0.2, 0) is 28.7 Å². The van der Waals surface area contributed by atoms with Gasteiger partial charge in [0.25, 0.3) is 0 Å². The maximum Gasteiger partial charge on any atom is 0.417 e. The zero-order chi connectivity index (χ0) is 32.5. The Kier molecular flexibility index (Phi) is 12.0. The number of esters is 1. The standard InChI is InChI=1S/C34H41F6NO3/c1-5-8-10-12-24-13-16-27(28(18-24)34(38,39)40)30-19-25-14-15-26(20-29(25)41(30)17-11-9-6-2)43-22-32(4,21-33(35,36)37)23-44-31(42)7-3/h7,13-16,18-20H,3,5-6,8-12,17,21-23H2,1-2,4H3. The van der Waals surface area contributed by atoms with Gasteiger partial charge < -0.3 is 14.0 Å². The van der Waals surface area contributed by atoms with Crippen LogP contribution in [0.2, 0.25) is 0 Å². The highest BCUT2D eigenvalue weighted by atomic mass is 19.4. The Morgan fingerprint density at radius 2 is 1.61 bits per heavy atom. The second kappa shape index (κ2) is 15.0. The number of aryl methyl sites for hydroxylation is 2. The van der Waals surface area contributed by atoms with Gasteiger partial charge in [-0.25, -0.2) is 4.79 Å². The van der Waals surface area contributed by atoms with Gasteiger partial charge >= 0.3 is 18.3 Å². The molecule has 44 heavy (non-hydrogen) atoms. The molecule has 10 heteroatoms. The lowest BCUT2D eigenvalue weighted by molar-refractivity contribution is -0.172. The van der Waals surface area contributed by atoms with Crippen molar-refractivity contribution < 1.29 is 40.6 Å². The third-order valence-electron chi connectivity index (χ3n) is 7.54. The van der Waals surface area contributed by atoms with E-state index < -0.39 is 48.9 Å². The summed E-state index contributed by atoms with van der Waals surface area (Å²) in [5, 5.41) is 0.682. The predicted octanol–water partition coefficient (Wildman–Crippen LogP) is 10.3. The van der Waals surface area contributed by atoms with Crippen molar-refractivity contribution in [2.75, 3.05) is 13.2 Å². The second-order valence-corrected chi connectivity index (χ2v) is 11.6. The fourth-order valence-electron chi connectivity index (χ4n) is 5.28. The Balaban J connectivity index is 2.02. The summed E-state index contributed by atoms with van der Waals surface area (Å²) in [5.41, 5.74) is -0.531. The van der Waals surface area contributed by atoms with Gasteiger partial charge in [0.1, 0.15) is 12.4 Å². The number of aromatic nitrogens is 1. The van der Waals surface area contributed by atoms with Crippen molar-refractivity contribution in [3.05, 3.63) is 66.2 Å². The smallest absolute Gasteiger partial charge is 0.417 e. The molecule has 0 aliphatic heterocycles. The molecular formula is C34H41F6NO3. The van der Waals surface area contributed by atoms with Crippen molar-refractivity contribution in [3.63, 3.8) is 0 Å². The Morgan fingerprint density at radius 1 is 0.909 bits per heavy atom. The Bertz CT molecular complexity index is 1410. The monoisotopic (exact) mass is 625 g/mol. The van der Waals surface area contributed by atoms with Crippen LogP contribution in [-0.4, -0.2) is 29.9 Å². The Morgan fingerprint density at radius 3 is 2.25 bits per heavy atom. The summed E-state index contributed by atoms with van der Waals surface area (Å²) >= 11 is 0. The van der Waals surface area contributed by atoms with Crippen molar-refractivity contribution in [1.82, 2.24) is 4.57 Å². The molecule has 1 unspecified atom stereocenters. The molecule has 2 aromatic carbocycles. The first-order chi connectivity index (χ1) is 20.7. The van der Waals surface area contributed by atoms with Crippen LogP contribution in [0.25, 0.3) is 22.2 Å². The number of alkyl halides is 6. The minimum absolute atomic E-state index is 0.0775. The van der Waals surface area contributed by atoms with Crippen molar-refractivity contribution in [3.8, 4) is 17.0 Å². The van der Waals surface area contributed by atoms with Crippen LogP contribution in [0.15, 0.2) is 55.1 Å². The third kappa shape index (κ3) is 9.79. The van der Waals surface area contributed by atoms with E-state index in [2.05, 4.69) is 6.58 Å². The average Bonchev–Trinajstić information content (AvgIpc) is 3.31. The van der Waals surface area contributed by atoms with Gasteiger partial charge in [0.2, 0.25) is 0 Å². The van der Waals surface area contributed by atoms with Crippen LogP contribution < -0.4 is 4.74 Å².